The van der Waals surface area contributed by atoms with Crippen molar-refractivity contribution in [2.24, 2.45) is 5.92 Å². The highest BCUT2D eigenvalue weighted by atomic mass is 35.5. The van der Waals surface area contributed by atoms with E-state index in [1.165, 1.54) is 0 Å². The minimum Gasteiger partial charge on any atom is -0.354 e. The van der Waals surface area contributed by atoms with Crippen molar-refractivity contribution in [1.29, 1.82) is 0 Å². The van der Waals surface area contributed by atoms with E-state index in [4.69, 9.17) is 11.6 Å². The molecule has 3 aromatic rings. The lowest BCUT2D eigenvalue weighted by Crippen LogP contribution is -2.43. The Bertz CT molecular complexity index is 1040. The molecule has 0 radical (unpaired) electrons. The molecule has 0 aliphatic carbocycles. The number of benzene rings is 3. The topological polar surface area (TPSA) is 49.4 Å². The zero-order valence-corrected chi connectivity index (χ0v) is 20.7. The third-order valence-electron chi connectivity index (χ3n) is 5.75. The summed E-state index contributed by atoms with van der Waals surface area (Å²) < 4.78 is 0. The number of halogens is 1. The molecule has 3 aromatic carbocycles. The van der Waals surface area contributed by atoms with Gasteiger partial charge in [0.15, 0.2) is 0 Å². The lowest BCUT2D eigenvalue weighted by molar-refractivity contribution is -0.141. The first-order valence-electron chi connectivity index (χ1n) is 11.8. The van der Waals surface area contributed by atoms with E-state index in [0.29, 0.717) is 36.9 Å². The number of amides is 2. The van der Waals surface area contributed by atoms with Gasteiger partial charge in [-0.3, -0.25) is 9.59 Å². The van der Waals surface area contributed by atoms with E-state index in [0.717, 1.165) is 23.1 Å². The zero-order valence-electron chi connectivity index (χ0n) is 19.9. The zero-order chi connectivity index (χ0) is 24.3. The molecule has 178 valence electrons. The highest BCUT2D eigenvalue weighted by molar-refractivity contribution is 6.30. The van der Waals surface area contributed by atoms with Crippen molar-refractivity contribution in [3.8, 4) is 0 Å². The molecular weight excluding hydrogens is 444 g/mol. The SMILES string of the molecule is CC(C)CCNC(=O)[C@@H](c1ccccc1)N(Cc1ccc(Cl)cc1)C(=O)CCc1ccccc1. The van der Waals surface area contributed by atoms with Gasteiger partial charge in [0.05, 0.1) is 0 Å². The van der Waals surface area contributed by atoms with Crippen LogP contribution in [0.1, 0.15) is 49.4 Å². The maximum absolute atomic E-state index is 13.6. The highest BCUT2D eigenvalue weighted by Gasteiger charge is 2.31. The maximum atomic E-state index is 13.6. The van der Waals surface area contributed by atoms with Crippen molar-refractivity contribution in [2.75, 3.05) is 6.54 Å². The summed E-state index contributed by atoms with van der Waals surface area (Å²) in [5.74, 6) is 0.258. The van der Waals surface area contributed by atoms with Crippen molar-refractivity contribution < 1.29 is 9.59 Å². The second-order valence-corrected chi connectivity index (χ2v) is 9.36. The molecule has 0 aliphatic heterocycles. The smallest absolute Gasteiger partial charge is 0.247 e. The molecule has 0 bridgehead atoms. The summed E-state index contributed by atoms with van der Waals surface area (Å²) >= 11 is 6.08. The van der Waals surface area contributed by atoms with E-state index in [2.05, 4.69) is 19.2 Å². The van der Waals surface area contributed by atoms with Gasteiger partial charge in [-0.25, -0.2) is 0 Å². The molecule has 5 heteroatoms. The summed E-state index contributed by atoms with van der Waals surface area (Å²) in [6.07, 6.45) is 1.82. The minimum atomic E-state index is -0.715. The van der Waals surface area contributed by atoms with Crippen LogP contribution in [0.25, 0.3) is 0 Å². The number of aryl methyl sites for hydroxylation is 1. The average Bonchev–Trinajstić information content (AvgIpc) is 2.84. The molecule has 0 heterocycles. The van der Waals surface area contributed by atoms with Crippen LogP contribution in [0.4, 0.5) is 0 Å². The third kappa shape index (κ3) is 7.74. The van der Waals surface area contributed by atoms with Crippen molar-refractivity contribution in [2.45, 2.75) is 45.7 Å². The number of carbonyl (C=O) groups excluding carboxylic acids is 2. The molecule has 1 N–H and O–H groups in total. The van der Waals surface area contributed by atoms with Crippen LogP contribution in [0.3, 0.4) is 0 Å². The van der Waals surface area contributed by atoms with Crippen LogP contribution in [-0.2, 0) is 22.6 Å². The number of hydrogen-bond donors (Lipinski definition) is 1. The van der Waals surface area contributed by atoms with Gasteiger partial charge in [0.25, 0.3) is 0 Å². The Morgan fingerprint density at radius 2 is 1.47 bits per heavy atom. The van der Waals surface area contributed by atoms with Crippen molar-refractivity contribution in [3.05, 3.63) is 107 Å². The van der Waals surface area contributed by atoms with Gasteiger partial charge >= 0.3 is 0 Å². The van der Waals surface area contributed by atoms with Crippen LogP contribution in [0.15, 0.2) is 84.9 Å². The van der Waals surface area contributed by atoms with E-state index in [1.54, 1.807) is 4.90 Å². The Morgan fingerprint density at radius 3 is 2.09 bits per heavy atom. The molecule has 0 aromatic heterocycles. The first kappa shape index (κ1) is 25.5. The van der Waals surface area contributed by atoms with E-state index in [1.807, 2.05) is 84.9 Å². The summed E-state index contributed by atoms with van der Waals surface area (Å²) in [5.41, 5.74) is 2.82. The number of hydrogen-bond acceptors (Lipinski definition) is 2. The molecule has 0 unspecified atom stereocenters. The van der Waals surface area contributed by atoms with Crippen molar-refractivity contribution >= 4 is 23.4 Å². The predicted molar refractivity (Wildman–Crippen MR) is 138 cm³/mol. The van der Waals surface area contributed by atoms with E-state index in [9.17, 15) is 9.59 Å². The fourth-order valence-corrected chi connectivity index (χ4v) is 3.96. The fraction of sp³-hybridized carbons (Fsp3) is 0.310. The molecular formula is C29H33ClN2O2. The van der Waals surface area contributed by atoms with Crippen LogP contribution < -0.4 is 5.32 Å². The molecule has 4 nitrogen and oxygen atoms in total. The van der Waals surface area contributed by atoms with Gasteiger partial charge in [-0.05, 0) is 47.6 Å². The third-order valence-corrected chi connectivity index (χ3v) is 6.01. The molecule has 3 rings (SSSR count). The van der Waals surface area contributed by atoms with Crippen LogP contribution in [0.5, 0.6) is 0 Å². The van der Waals surface area contributed by atoms with Gasteiger partial charge in [0.2, 0.25) is 11.8 Å². The molecule has 2 amide bonds. The second-order valence-electron chi connectivity index (χ2n) is 8.92. The van der Waals surface area contributed by atoms with Crippen molar-refractivity contribution in [3.63, 3.8) is 0 Å². The van der Waals surface area contributed by atoms with E-state index < -0.39 is 6.04 Å². The van der Waals surface area contributed by atoms with E-state index >= 15 is 0 Å². The molecule has 1 atom stereocenters. The van der Waals surface area contributed by atoms with Gasteiger partial charge in [0.1, 0.15) is 6.04 Å². The van der Waals surface area contributed by atoms with Crippen LogP contribution in [-0.4, -0.2) is 23.3 Å². The Hall–Kier alpha value is -3.11. The average molecular weight is 477 g/mol. The Kier molecular flexibility index (Phi) is 9.72. The summed E-state index contributed by atoms with van der Waals surface area (Å²) in [4.78, 5) is 28.8. The molecule has 0 aliphatic rings. The van der Waals surface area contributed by atoms with Crippen LogP contribution in [0.2, 0.25) is 5.02 Å². The minimum absolute atomic E-state index is 0.0633. The Morgan fingerprint density at radius 1 is 0.853 bits per heavy atom. The van der Waals surface area contributed by atoms with Gasteiger partial charge < -0.3 is 10.2 Å². The molecule has 0 spiro atoms. The summed E-state index contributed by atoms with van der Waals surface area (Å²) in [6, 6.07) is 26.2. The lowest BCUT2D eigenvalue weighted by Gasteiger charge is -2.32. The van der Waals surface area contributed by atoms with Crippen molar-refractivity contribution in [1.82, 2.24) is 10.2 Å². The van der Waals surface area contributed by atoms with Gasteiger partial charge in [-0.1, -0.05) is 98.2 Å². The first-order valence-corrected chi connectivity index (χ1v) is 12.2. The van der Waals surface area contributed by atoms with Crippen LogP contribution >= 0.6 is 11.6 Å². The summed E-state index contributed by atoms with van der Waals surface area (Å²) in [6.45, 7) is 5.15. The number of carbonyl (C=O) groups is 2. The summed E-state index contributed by atoms with van der Waals surface area (Å²) in [7, 11) is 0. The largest absolute Gasteiger partial charge is 0.354 e. The Labute approximate surface area is 207 Å². The number of rotatable bonds is 11. The monoisotopic (exact) mass is 476 g/mol. The first-order chi connectivity index (χ1) is 16.4. The number of nitrogens with one attached hydrogen (secondary N) is 1. The quantitative estimate of drug-likeness (QED) is 0.358. The molecule has 0 fully saturated rings. The number of nitrogens with zero attached hydrogens (tertiary/aromatic N) is 1. The normalized spacial score (nSPS) is 11.8. The predicted octanol–water partition coefficient (Wildman–Crippen LogP) is 6.21. The van der Waals surface area contributed by atoms with Gasteiger partial charge in [-0.2, -0.15) is 0 Å². The maximum Gasteiger partial charge on any atom is 0.247 e. The Balaban J connectivity index is 1.89. The lowest BCUT2D eigenvalue weighted by atomic mass is 10.0. The fourth-order valence-electron chi connectivity index (χ4n) is 3.84. The molecule has 0 saturated carbocycles. The summed E-state index contributed by atoms with van der Waals surface area (Å²) in [5, 5.41) is 3.70. The highest BCUT2D eigenvalue weighted by Crippen LogP contribution is 2.25. The second kappa shape index (κ2) is 13.0. The molecule has 34 heavy (non-hydrogen) atoms. The van der Waals surface area contributed by atoms with Gasteiger partial charge in [0, 0.05) is 24.5 Å². The van der Waals surface area contributed by atoms with Crippen LogP contribution in [0, 0.1) is 5.92 Å². The van der Waals surface area contributed by atoms with E-state index in [-0.39, 0.29) is 11.8 Å². The standard InChI is InChI=1S/C29H33ClN2O2/c1-22(2)19-20-31-29(34)28(25-11-7-4-8-12-25)32(21-24-13-16-26(30)17-14-24)27(33)18-15-23-9-5-3-6-10-23/h3-14,16-17,22,28H,15,18-21H2,1-2H3,(H,31,34)/t28-/m1/s1. The molecule has 0 saturated heterocycles. The van der Waals surface area contributed by atoms with Gasteiger partial charge in [-0.15, -0.1) is 0 Å².